The predicted octanol–water partition coefficient (Wildman–Crippen LogP) is 2.73. The Morgan fingerprint density at radius 2 is 2.08 bits per heavy atom. The number of pyridine rings is 1. The molecule has 0 saturated carbocycles. The molecule has 1 aliphatic heterocycles. The number of hydrogen-bond acceptors (Lipinski definition) is 4. The van der Waals surface area contributed by atoms with E-state index in [2.05, 4.69) is 11.6 Å². The van der Waals surface area contributed by atoms with E-state index in [9.17, 15) is 9.90 Å². The van der Waals surface area contributed by atoms with Gasteiger partial charge in [0.05, 0.1) is 19.1 Å². The van der Waals surface area contributed by atoms with Gasteiger partial charge in [0.25, 0.3) is 0 Å². The van der Waals surface area contributed by atoms with Gasteiger partial charge in [0.2, 0.25) is 5.91 Å². The zero-order valence-electron chi connectivity index (χ0n) is 14.2. The van der Waals surface area contributed by atoms with Crippen molar-refractivity contribution in [3.05, 3.63) is 61.7 Å². The van der Waals surface area contributed by atoms with Crippen LogP contribution in [-0.2, 0) is 4.79 Å². The first-order valence-corrected chi connectivity index (χ1v) is 8.43. The molecule has 0 radical (unpaired) electrons. The lowest BCUT2D eigenvalue weighted by atomic mass is 10.0. The minimum absolute atomic E-state index is 0.0336. The maximum absolute atomic E-state index is 11.5. The number of phenols is 1. The molecule has 6 heteroatoms. The lowest BCUT2D eigenvalue weighted by Crippen LogP contribution is -2.51. The first kappa shape index (κ1) is 16.2. The third-order valence-electron chi connectivity index (χ3n) is 4.60. The van der Waals surface area contributed by atoms with E-state index >= 15 is 0 Å². The molecule has 0 bridgehead atoms. The molecule has 3 heterocycles. The van der Waals surface area contributed by atoms with Crippen molar-refractivity contribution in [3.63, 3.8) is 0 Å². The van der Waals surface area contributed by atoms with E-state index < -0.39 is 0 Å². The normalized spacial score (nSPS) is 14.2. The summed E-state index contributed by atoms with van der Waals surface area (Å²) in [7, 11) is 0. The summed E-state index contributed by atoms with van der Waals surface area (Å²) in [5.74, 6) is 1.27. The molecule has 6 nitrogen and oxygen atoms in total. The smallest absolute Gasteiger partial charge is 0.245 e. The molecular formula is C20H19N3O3. The molecule has 1 saturated heterocycles. The van der Waals surface area contributed by atoms with Crippen LogP contribution in [0.5, 0.6) is 11.5 Å². The molecule has 1 amide bonds. The van der Waals surface area contributed by atoms with Crippen molar-refractivity contribution in [1.29, 1.82) is 0 Å². The van der Waals surface area contributed by atoms with E-state index in [0.29, 0.717) is 25.6 Å². The third kappa shape index (κ3) is 3.01. The molecule has 132 valence electrons. The standard InChI is InChI=1S/C20H19N3O3/c1-2-20(25)22-9-14(10-22)12-26-19-7-16(11-23-13-21-8-18(19)23)15-3-5-17(24)6-4-15/h2-8,11,13-14,24H,1,9-10,12H2. The van der Waals surface area contributed by atoms with Gasteiger partial charge in [0.15, 0.2) is 0 Å². The van der Waals surface area contributed by atoms with Crippen LogP contribution < -0.4 is 4.74 Å². The van der Waals surface area contributed by atoms with Gasteiger partial charge in [-0.2, -0.15) is 0 Å². The van der Waals surface area contributed by atoms with Gasteiger partial charge in [-0.1, -0.05) is 18.7 Å². The number of rotatable bonds is 5. The van der Waals surface area contributed by atoms with Crippen LogP contribution in [-0.4, -0.2) is 45.0 Å². The number of fused-ring (bicyclic) bond motifs is 1. The lowest BCUT2D eigenvalue weighted by Gasteiger charge is -2.38. The number of carbonyl (C=O) groups is 1. The van der Waals surface area contributed by atoms with Crippen molar-refractivity contribution >= 4 is 11.4 Å². The van der Waals surface area contributed by atoms with Gasteiger partial charge in [0, 0.05) is 30.8 Å². The molecule has 0 aliphatic carbocycles. The minimum atomic E-state index is -0.0336. The van der Waals surface area contributed by atoms with Gasteiger partial charge >= 0.3 is 0 Å². The summed E-state index contributed by atoms with van der Waals surface area (Å²) >= 11 is 0. The first-order chi connectivity index (χ1) is 12.6. The van der Waals surface area contributed by atoms with Crippen molar-refractivity contribution in [1.82, 2.24) is 14.3 Å². The van der Waals surface area contributed by atoms with Crippen molar-refractivity contribution < 1.29 is 14.6 Å². The molecule has 4 rings (SSSR count). The lowest BCUT2D eigenvalue weighted by molar-refractivity contribution is -0.132. The Morgan fingerprint density at radius 3 is 2.81 bits per heavy atom. The largest absolute Gasteiger partial charge is 0.508 e. The van der Waals surface area contributed by atoms with Crippen LogP contribution in [0.25, 0.3) is 16.6 Å². The third-order valence-corrected chi connectivity index (χ3v) is 4.60. The highest BCUT2D eigenvalue weighted by molar-refractivity contribution is 5.87. The summed E-state index contributed by atoms with van der Waals surface area (Å²) < 4.78 is 7.98. The fourth-order valence-electron chi connectivity index (χ4n) is 3.12. The maximum Gasteiger partial charge on any atom is 0.245 e. The molecule has 0 atom stereocenters. The number of aromatic hydroxyl groups is 1. The summed E-state index contributed by atoms with van der Waals surface area (Å²) in [4.78, 5) is 17.5. The molecular weight excluding hydrogens is 330 g/mol. The number of likely N-dealkylation sites (tertiary alicyclic amines) is 1. The van der Waals surface area contributed by atoms with Gasteiger partial charge in [-0.3, -0.25) is 4.79 Å². The number of amides is 1. The SMILES string of the molecule is C=CC(=O)N1CC(COc2cc(-c3ccc(O)cc3)cn3cncc23)C1. The van der Waals surface area contributed by atoms with E-state index in [1.165, 1.54) is 6.08 Å². The average Bonchev–Trinajstić information content (AvgIpc) is 3.09. The highest BCUT2D eigenvalue weighted by atomic mass is 16.5. The Labute approximate surface area is 151 Å². The molecule has 3 aromatic rings. The fraction of sp³-hybridized carbons (Fsp3) is 0.200. The van der Waals surface area contributed by atoms with Gasteiger partial charge in [-0.15, -0.1) is 0 Å². The van der Waals surface area contributed by atoms with Crippen LogP contribution in [0.1, 0.15) is 0 Å². The Hall–Kier alpha value is -3.28. The van der Waals surface area contributed by atoms with Crippen LogP contribution in [0, 0.1) is 5.92 Å². The molecule has 0 unspecified atom stereocenters. The van der Waals surface area contributed by atoms with Crippen LogP contribution in [0.4, 0.5) is 0 Å². The quantitative estimate of drug-likeness (QED) is 0.719. The van der Waals surface area contributed by atoms with Crippen molar-refractivity contribution in [2.45, 2.75) is 0 Å². The number of carbonyl (C=O) groups excluding carboxylic acids is 1. The van der Waals surface area contributed by atoms with Crippen molar-refractivity contribution in [3.8, 4) is 22.6 Å². The summed E-state index contributed by atoms with van der Waals surface area (Å²) in [5.41, 5.74) is 2.85. The maximum atomic E-state index is 11.5. The summed E-state index contributed by atoms with van der Waals surface area (Å²) in [5, 5.41) is 9.48. The van der Waals surface area contributed by atoms with Crippen molar-refractivity contribution in [2.24, 2.45) is 5.92 Å². The number of benzene rings is 1. The zero-order chi connectivity index (χ0) is 18.1. The number of phenolic OH excluding ortho intramolecular Hbond substituents is 1. The summed E-state index contributed by atoms with van der Waals surface area (Å²) in [6.07, 6.45) is 6.83. The second-order valence-electron chi connectivity index (χ2n) is 6.45. The van der Waals surface area contributed by atoms with Crippen molar-refractivity contribution in [2.75, 3.05) is 19.7 Å². The first-order valence-electron chi connectivity index (χ1n) is 8.43. The second-order valence-corrected chi connectivity index (χ2v) is 6.45. The zero-order valence-corrected chi connectivity index (χ0v) is 14.2. The fourth-order valence-corrected chi connectivity index (χ4v) is 3.12. The van der Waals surface area contributed by atoms with Gasteiger partial charge < -0.3 is 19.1 Å². The highest BCUT2D eigenvalue weighted by Crippen LogP contribution is 2.30. The average molecular weight is 349 g/mol. The Bertz CT molecular complexity index is 956. The Balaban J connectivity index is 1.53. The number of ether oxygens (including phenoxy) is 1. The molecule has 1 aliphatic rings. The topological polar surface area (TPSA) is 67.1 Å². The Morgan fingerprint density at radius 1 is 1.31 bits per heavy atom. The molecule has 1 N–H and O–H groups in total. The number of hydrogen-bond donors (Lipinski definition) is 1. The van der Waals surface area contributed by atoms with Crippen LogP contribution >= 0.6 is 0 Å². The number of nitrogens with zero attached hydrogens (tertiary/aromatic N) is 3. The molecule has 1 fully saturated rings. The van der Waals surface area contributed by atoms with Gasteiger partial charge in [0.1, 0.15) is 17.0 Å². The summed E-state index contributed by atoms with van der Waals surface area (Å²) in [6.45, 7) is 5.43. The van der Waals surface area contributed by atoms with Crippen LogP contribution in [0.3, 0.4) is 0 Å². The number of aromatic nitrogens is 2. The molecule has 1 aromatic carbocycles. The van der Waals surface area contributed by atoms with Gasteiger partial charge in [-0.05, 0) is 29.8 Å². The minimum Gasteiger partial charge on any atom is -0.508 e. The van der Waals surface area contributed by atoms with E-state index in [-0.39, 0.29) is 11.7 Å². The van der Waals surface area contributed by atoms with E-state index in [1.807, 2.05) is 28.8 Å². The molecule has 2 aromatic heterocycles. The van der Waals surface area contributed by atoms with E-state index in [1.54, 1.807) is 29.6 Å². The number of imidazole rings is 1. The molecule has 26 heavy (non-hydrogen) atoms. The van der Waals surface area contributed by atoms with Crippen LogP contribution in [0.15, 0.2) is 61.7 Å². The second kappa shape index (κ2) is 6.55. The molecule has 0 spiro atoms. The predicted molar refractivity (Wildman–Crippen MR) is 98.1 cm³/mol. The van der Waals surface area contributed by atoms with Crippen LogP contribution in [0.2, 0.25) is 0 Å². The Kier molecular flexibility index (Phi) is 4.08. The monoisotopic (exact) mass is 349 g/mol. The summed E-state index contributed by atoms with van der Waals surface area (Å²) in [6, 6.07) is 9.03. The van der Waals surface area contributed by atoms with E-state index in [4.69, 9.17) is 4.74 Å². The van der Waals surface area contributed by atoms with Gasteiger partial charge in [-0.25, -0.2) is 4.98 Å². The highest BCUT2D eigenvalue weighted by Gasteiger charge is 2.29. The van der Waals surface area contributed by atoms with E-state index in [0.717, 1.165) is 22.4 Å².